The monoisotopic (exact) mass is 309 g/mol. The van der Waals surface area contributed by atoms with E-state index < -0.39 is 0 Å². The Morgan fingerprint density at radius 2 is 1.52 bits per heavy atom. The second kappa shape index (κ2) is 10.3. The molecule has 0 radical (unpaired) electrons. The van der Waals surface area contributed by atoms with Gasteiger partial charge in [-0.05, 0) is 32.2 Å². The van der Waals surface area contributed by atoms with E-state index in [0.29, 0.717) is 0 Å². The molecule has 1 aromatic rings. The SMILES string of the molecule is CCCCCCCCCc1nnc(CCCNC2CC2)s1. The third kappa shape index (κ3) is 7.91. The molecule has 0 atom stereocenters. The molecule has 4 heteroatoms. The molecule has 120 valence electrons. The molecular weight excluding hydrogens is 278 g/mol. The summed E-state index contributed by atoms with van der Waals surface area (Å²) in [6, 6.07) is 0.826. The predicted octanol–water partition coefficient (Wildman–Crippen LogP) is 4.52. The minimum Gasteiger partial charge on any atom is -0.314 e. The average Bonchev–Trinajstić information content (AvgIpc) is 3.21. The summed E-state index contributed by atoms with van der Waals surface area (Å²) in [6.45, 7) is 3.41. The molecule has 0 unspecified atom stereocenters. The summed E-state index contributed by atoms with van der Waals surface area (Å²) in [5.74, 6) is 0. The van der Waals surface area contributed by atoms with Crippen LogP contribution in [0.5, 0.6) is 0 Å². The van der Waals surface area contributed by atoms with Crippen molar-refractivity contribution in [1.29, 1.82) is 0 Å². The molecule has 1 aliphatic rings. The van der Waals surface area contributed by atoms with Crippen LogP contribution in [0.1, 0.15) is 81.1 Å². The molecule has 1 heterocycles. The van der Waals surface area contributed by atoms with Gasteiger partial charge in [0, 0.05) is 18.9 Å². The summed E-state index contributed by atoms with van der Waals surface area (Å²) >= 11 is 1.83. The molecule has 3 nitrogen and oxygen atoms in total. The first-order chi connectivity index (χ1) is 10.4. The maximum Gasteiger partial charge on any atom is 0.117 e. The van der Waals surface area contributed by atoms with E-state index in [1.165, 1.54) is 74.2 Å². The van der Waals surface area contributed by atoms with Gasteiger partial charge in [0.1, 0.15) is 10.0 Å². The first-order valence-electron chi connectivity index (χ1n) is 8.93. The quantitative estimate of drug-likeness (QED) is 0.545. The first-order valence-corrected chi connectivity index (χ1v) is 9.74. The average molecular weight is 310 g/mol. The molecule has 0 aromatic carbocycles. The molecule has 0 amide bonds. The molecule has 0 bridgehead atoms. The van der Waals surface area contributed by atoms with Crippen molar-refractivity contribution in [3.05, 3.63) is 10.0 Å². The van der Waals surface area contributed by atoms with E-state index in [2.05, 4.69) is 22.4 Å². The molecule has 2 rings (SSSR count). The number of nitrogens with one attached hydrogen (secondary N) is 1. The largest absolute Gasteiger partial charge is 0.314 e. The number of rotatable bonds is 13. The molecule has 0 saturated heterocycles. The minimum atomic E-state index is 0.826. The smallest absolute Gasteiger partial charge is 0.117 e. The van der Waals surface area contributed by atoms with Crippen LogP contribution >= 0.6 is 11.3 Å². The van der Waals surface area contributed by atoms with Crippen LogP contribution in [0.25, 0.3) is 0 Å². The zero-order valence-corrected chi connectivity index (χ0v) is 14.4. The van der Waals surface area contributed by atoms with Crippen LogP contribution in [0.3, 0.4) is 0 Å². The highest BCUT2D eigenvalue weighted by Gasteiger charge is 2.19. The van der Waals surface area contributed by atoms with E-state index in [1.807, 2.05) is 11.3 Å². The number of aryl methyl sites for hydroxylation is 2. The summed E-state index contributed by atoms with van der Waals surface area (Å²) in [4.78, 5) is 0. The summed E-state index contributed by atoms with van der Waals surface area (Å²) in [5.41, 5.74) is 0. The normalized spacial score (nSPS) is 14.7. The van der Waals surface area contributed by atoms with Gasteiger partial charge >= 0.3 is 0 Å². The number of unbranched alkanes of at least 4 members (excludes halogenated alkanes) is 6. The van der Waals surface area contributed by atoms with E-state index in [4.69, 9.17) is 0 Å². The number of hydrogen-bond acceptors (Lipinski definition) is 4. The summed E-state index contributed by atoms with van der Waals surface area (Å²) in [6.07, 6.45) is 15.7. The third-order valence-electron chi connectivity index (χ3n) is 4.08. The summed E-state index contributed by atoms with van der Waals surface area (Å²) in [7, 11) is 0. The van der Waals surface area contributed by atoms with Crippen molar-refractivity contribution >= 4 is 11.3 Å². The molecular formula is C17H31N3S. The highest BCUT2D eigenvalue weighted by atomic mass is 32.1. The lowest BCUT2D eigenvalue weighted by molar-refractivity contribution is 0.588. The fourth-order valence-corrected chi connectivity index (χ4v) is 3.49. The van der Waals surface area contributed by atoms with Crippen molar-refractivity contribution in [2.45, 2.75) is 90.0 Å². The highest BCUT2D eigenvalue weighted by molar-refractivity contribution is 7.11. The Bertz CT molecular complexity index is 374. The zero-order valence-electron chi connectivity index (χ0n) is 13.6. The van der Waals surface area contributed by atoms with E-state index in [1.54, 1.807) is 0 Å². The van der Waals surface area contributed by atoms with E-state index in [0.717, 1.165) is 25.4 Å². The minimum absolute atomic E-state index is 0.826. The lowest BCUT2D eigenvalue weighted by Gasteiger charge is -2.00. The van der Waals surface area contributed by atoms with Crippen LogP contribution in [0.2, 0.25) is 0 Å². The van der Waals surface area contributed by atoms with Crippen LogP contribution < -0.4 is 5.32 Å². The lowest BCUT2D eigenvalue weighted by Crippen LogP contribution is -2.17. The van der Waals surface area contributed by atoms with Crippen molar-refractivity contribution in [2.75, 3.05) is 6.54 Å². The molecule has 1 fully saturated rings. The van der Waals surface area contributed by atoms with E-state index in [-0.39, 0.29) is 0 Å². The number of hydrogen-bond donors (Lipinski definition) is 1. The van der Waals surface area contributed by atoms with Gasteiger partial charge in [-0.3, -0.25) is 0 Å². The van der Waals surface area contributed by atoms with Crippen LogP contribution in [0.15, 0.2) is 0 Å². The van der Waals surface area contributed by atoms with Gasteiger partial charge in [0.2, 0.25) is 0 Å². The zero-order chi connectivity index (χ0) is 14.8. The molecule has 1 saturated carbocycles. The van der Waals surface area contributed by atoms with Gasteiger partial charge in [0.15, 0.2) is 0 Å². The van der Waals surface area contributed by atoms with Gasteiger partial charge in [-0.2, -0.15) is 0 Å². The number of nitrogens with zero attached hydrogens (tertiary/aromatic N) is 2. The second-order valence-electron chi connectivity index (χ2n) is 6.29. The van der Waals surface area contributed by atoms with Crippen LogP contribution in [-0.2, 0) is 12.8 Å². The van der Waals surface area contributed by atoms with E-state index in [9.17, 15) is 0 Å². The molecule has 0 aliphatic heterocycles. The fraction of sp³-hybridized carbons (Fsp3) is 0.882. The first kappa shape index (κ1) is 16.9. The number of aromatic nitrogens is 2. The Kier molecular flexibility index (Phi) is 8.26. The van der Waals surface area contributed by atoms with Gasteiger partial charge in [0.05, 0.1) is 0 Å². The van der Waals surface area contributed by atoms with Crippen molar-refractivity contribution in [3.8, 4) is 0 Å². The van der Waals surface area contributed by atoms with Crippen molar-refractivity contribution < 1.29 is 0 Å². The van der Waals surface area contributed by atoms with Crippen molar-refractivity contribution in [2.24, 2.45) is 0 Å². The Morgan fingerprint density at radius 3 is 2.19 bits per heavy atom. The van der Waals surface area contributed by atoms with Crippen molar-refractivity contribution in [3.63, 3.8) is 0 Å². The summed E-state index contributed by atoms with van der Waals surface area (Å²) in [5, 5.41) is 14.7. The highest BCUT2D eigenvalue weighted by Crippen LogP contribution is 2.19. The standard InChI is InChI=1S/C17H31N3S/c1-2-3-4-5-6-7-8-10-16-19-20-17(21-16)11-9-14-18-15-12-13-15/h15,18H,2-14H2,1H3. The Balaban J connectivity index is 1.46. The van der Waals surface area contributed by atoms with E-state index >= 15 is 0 Å². The second-order valence-corrected chi connectivity index (χ2v) is 7.44. The molecule has 1 N–H and O–H groups in total. The van der Waals surface area contributed by atoms with Gasteiger partial charge in [-0.25, -0.2) is 0 Å². The predicted molar refractivity (Wildman–Crippen MR) is 91.0 cm³/mol. The molecule has 1 aromatic heterocycles. The van der Waals surface area contributed by atoms with Gasteiger partial charge < -0.3 is 5.32 Å². The third-order valence-corrected chi connectivity index (χ3v) is 5.12. The Morgan fingerprint density at radius 1 is 0.905 bits per heavy atom. The van der Waals surface area contributed by atoms with Crippen LogP contribution in [0.4, 0.5) is 0 Å². The maximum atomic E-state index is 4.34. The van der Waals surface area contributed by atoms with Crippen LogP contribution in [0, 0.1) is 0 Å². The lowest BCUT2D eigenvalue weighted by atomic mass is 10.1. The summed E-state index contributed by atoms with van der Waals surface area (Å²) < 4.78 is 0. The Hall–Kier alpha value is -0.480. The van der Waals surface area contributed by atoms with Crippen molar-refractivity contribution in [1.82, 2.24) is 15.5 Å². The van der Waals surface area contributed by atoms with Gasteiger partial charge in [0.25, 0.3) is 0 Å². The van der Waals surface area contributed by atoms with Gasteiger partial charge in [-0.15, -0.1) is 21.5 Å². The molecule has 1 aliphatic carbocycles. The van der Waals surface area contributed by atoms with Crippen LogP contribution in [-0.4, -0.2) is 22.8 Å². The van der Waals surface area contributed by atoms with Gasteiger partial charge in [-0.1, -0.05) is 45.4 Å². The maximum absolute atomic E-state index is 4.34. The molecule has 21 heavy (non-hydrogen) atoms. The topological polar surface area (TPSA) is 37.8 Å². The Labute approximate surface area is 133 Å². The molecule has 0 spiro atoms. The fourth-order valence-electron chi connectivity index (χ4n) is 2.56.